The Hall–Kier alpha value is -1.40. The Kier molecular flexibility index (Phi) is 4.26. The molecule has 108 valence electrons. The number of halogens is 1. The molecule has 0 amide bonds. The van der Waals surface area contributed by atoms with Crippen molar-refractivity contribution in [2.24, 2.45) is 5.73 Å². The summed E-state index contributed by atoms with van der Waals surface area (Å²) in [4.78, 5) is 9.10. The zero-order chi connectivity index (χ0) is 14.8. The van der Waals surface area contributed by atoms with E-state index in [1.54, 1.807) is 6.20 Å². The topological polar surface area (TPSA) is 75.7 Å². The van der Waals surface area contributed by atoms with E-state index in [9.17, 15) is 0 Å². The molecule has 0 radical (unpaired) electrons. The largest absolute Gasteiger partial charge is 0.384 e. The number of rotatable bonds is 3. The van der Waals surface area contributed by atoms with Gasteiger partial charge in [-0.2, -0.15) is 0 Å². The van der Waals surface area contributed by atoms with Gasteiger partial charge in [0.1, 0.15) is 15.9 Å². The normalized spacial score (nSPS) is 13.8. The second-order valence-corrected chi connectivity index (χ2v) is 6.79. The van der Waals surface area contributed by atoms with E-state index in [4.69, 9.17) is 16.1 Å². The molecule has 0 aromatic carbocycles. The summed E-state index contributed by atoms with van der Waals surface area (Å²) in [6.45, 7) is 0. The SMILES string of the molecule is N=C(N)c1cc2c(nc1Sc1ncccc1Br)CCCC2. The fourth-order valence-corrected chi connectivity index (χ4v) is 3.82. The van der Waals surface area contributed by atoms with Crippen molar-refractivity contribution < 1.29 is 0 Å². The predicted octanol–water partition coefficient (Wildman–Crippen LogP) is 3.55. The minimum atomic E-state index is 0.0606. The van der Waals surface area contributed by atoms with Gasteiger partial charge >= 0.3 is 0 Å². The summed E-state index contributed by atoms with van der Waals surface area (Å²) in [5, 5.41) is 9.41. The number of nitrogens with two attached hydrogens (primary N) is 1. The molecule has 0 spiro atoms. The molecule has 0 saturated heterocycles. The predicted molar refractivity (Wildman–Crippen MR) is 88.0 cm³/mol. The quantitative estimate of drug-likeness (QED) is 0.646. The van der Waals surface area contributed by atoms with E-state index in [0.29, 0.717) is 5.56 Å². The van der Waals surface area contributed by atoms with Gasteiger partial charge in [-0.25, -0.2) is 9.97 Å². The van der Waals surface area contributed by atoms with Crippen molar-refractivity contribution >= 4 is 33.5 Å². The van der Waals surface area contributed by atoms with Crippen molar-refractivity contribution in [2.75, 3.05) is 0 Å². The van der Waals surface area contributed by atoms with E-state index < -0.39 is 0 Å². The lowest BCUT2D eigenvalue weighted by Crippen LogP contribution is -2.16. The molecule has 2 aromatic heterocycles. The second kappa shape index (κ2) is 6.15. The molecule has 0 bridgehead atoms. The van der Waals surface area contributed by atoms with Crippen molar-refractivity contribution in [1.29, 1.82) is 5.41 Å². The Labute approximate surface area is 136 Å². The van der Waals surface area contributed by atoms with Gasteiger partial charge in [0, 0.05) is 17.5 Å². The Morgan fingerprint density at radius 1 is 1.29 bits per heavy atom. The molecule has 3 N–H and O–H groups in total. The molecule has 0 aliphatic heterocycles. The van der Waals surface area contributed by atoms with Crippen LogP contribution >= 0.6 is 27.7 Å². The summed E-state index contributed by atoms with van der Waals surface area (Å²) in [6, 6.07) is 5.85. The van der Waals surface area contributed by atoms with Crippen LogP contribution in [0, 0.1) is 5.41 Å². The van der Waals surface area contributed by atoms with E-state index in [2.05, 4.69) is 20.9 Å². The molecule has 1 aliphatic rings. The molecule has 21 heavy (non-hydrogen) atoms. The number of aryl methyl sites for hydroxylation is 2. The van der Waals surface area contributed by atoms with E-state index in [0.717, 1.165) is 33.1 Å². The Morgan fingerprint density at radius 3 is 2.86 bits per heavy atom. The van der Waals surface area contributed by atoms with E-state index in [-0.39, 0.29) is 5.84 Å². The highest BCUT2D eigenvalue weighted by molar-refractivity contribution is 9.10. The van der Waals surface area contributed by atoms with Gasteiger partial charge in [0.15, 0.2) is 0 Å². The number of amidine groups is 1. The summed E-state index contributed by atoms with van der Waals surface area (Å²) >= 11 is 4.95. The second-order valence-electron chi connectivity index (χ2n) is 4.96. The molecule has 3 rings (SSSR count). The average molecular weight is 363 g/mol. The van der Waals surface area contributed by atoms with Crippen LogP contribution in [0.4, 0.5) is 0 Å². The number of pyridine rings is 2. The lowest BCUT2D eigenvalue weighted by atomic mass is 9.95. The van der Waals surface area contributed by atoms with Crippen LogP contribution in [0.5, 0.6) is 0 Å². The zero-order valence-corrected chi connectivity index (χ0v) is 13.8. The van der Waals surface area contributed by atoms with Gasteiger partial charge in [-0.1, -0.05) is 0 Å². The van der Waals surface area contributed by atoms with Crippen LogP contribution in [0.15, 0.2) is 38.9 Å². The number of aromatic nitrogens is 2. The number of nitrogen functional groups attached to an aromatic ring is 1. The summed E-state index contributed by atoms with van der Waals surface area (Å²) in [5.41, 5.74) is 8.82. The fourth-order valence-electron chi connectivity index (χ4n) is 2.42. The highest BCUT2D eigenvalue weighted by Crippen LogP contribution is 2.34. The molecule has 0 fully saturated rings. The van der Waals surface area contributed by atoms with Gasteiger partial charge in [-0.05, 0) is 77.1 Å². The fraction of sp³-hybridized carbons (Fsp3) is 0.267. The number of hydrogen-bond donors (Lipinski definition) is 2. The van der Waals surface area contributed by atoms with Crippen LogP contribution < -0.4 is 5.73 Å². The van der Waals surface area contributed by atoms with Crippen LogP contribution in [0.1, 0.15) is 29.7 Å². The van der Waals surface area contributed by atoms with Crippen molar-refractivity contribution in [3.05, 3.63) is 45.7 Å². The van der Waals surface area contributed by atoms with Crippen molar-refractivity contribution in [2.45, 2.75) is 35.7 Å². The third-order valence-corrected chi connectivity index (χ3v) is 5.40. The lowest BCUT2D eigenvalue weighted by Gasteiger charge is -2.18. The first kappa shape index (κ1) is 14.5. The minimum absolute atomic E-state index is 0.0606. The number of fused-ring (bicyclic) bond motifs is 1. The summed E-state index contributed by atoms with van der Waals surface area (Å²) in [5.74, 6) is 0.0606. The van der Waals surface area contributed by atoms with Gasteiger partial charge in [0.25, 0.3) is 0 Å². The van der Waals surface area contributed by atoms with Crippen LogP contribution in [0.2, 0.25) is 0 Å². The van der Waals surface area contributed by atoms with Crippen LogP contribution in [-0.4, -0.2) is 15.8 Å². The standard InChI is InChI=1S/C15H15BrN4S/c16-11-5-3-7-19-15(11)21-14-10(13(17)18)8-9-4-1-2-6-12(9)20-14/h3,5,7-8H,1-2,4,6H2,(H3,17,18). The van der Waals surface area contributed by atoms with Crippen molar-refractivity contribution in [3.8, 4) is 0 Å². The Balaban J connectivity index is 2.04. The molecule has 2 heterocycles. The third kappa shape index (κ3) is 3.11. The minimum Gasteiger partial charge on any atom is -0.384 e. The molecular formula is C15H15BrN4S. The molecule has 2 aromatic rings. The molecule has 1 aliphatic carbocycles. The first-order valence-corrected chi connectivity index (χ1v) is 8.41. The number of hydrogen-bond acceptors (Lipinski definition) is 4. The van der Waals surface area contributed by atoms with Gasteiger partial charge in [0.2, 0.25) is 0 Å². The molecule has 0 atom stereocenters. The van der Waals surface area contributed by atoms with Gasteiger partial charge < -0.3 is 5.73 Å². The molecule has 4 nitrogen and oxygen atoms in total. The maximum absolute atomic E-state index is 7.81. The molecule has 0 saturated carbocycles. The Bertz CT molecular complexity index is 702. The lowest BCUT2D eigenvalue weighted by molar-refractivity contribution is 0.660. The van der Waals surface area contributed by atoms with Crippen LogP contribution in [0.25, 0.3) is 0 Å². The molecule has 0 unspecified atom stereocenters. The summed E-state index contributed by atoms with van der Waals surface area (Å²) < 4.78 is 0.920. The van der Waals surface area contributed by atoms with E-state index in [1.165, 1.54) is 30.2 Å². The first-order chi connectivity index (χ1) is 10.1. The van der Waals surface area contributed by atoms with Crippen molar-refractivity contribution in [1.82, 2.24) is 9.97 Å². The molecular weight excluding hydrogens is 348 g/mol. The first-order valence-electron chi connectivity index (χ1n) is 6.80. The summed E-state index contributed by atoms with van der Waals surface area (Å²) in [6.07, 6.45) is 6.14. The van der Waals surface area contributed by atoms with Gasteiger partial charge in [-0.3, -0.25) is 5.41 Å². The van der Waals surface area contributed by atoms with Gasteiger partial charge in [-0.15, -0.1) is 0 Å². The monoisotopic (exact) mass is 362 g/mol. The molecule has 6 heteroatoms. The van der Waals surface area contributed by atoms with Crippen LogP contribution in [-0.2, 0) is 12.8 Å². The Morgan fingerprint density at radius 2 is 2.10 bits per heavy atom. The van der Waals surface area contributed by atoms with E-state index in [1.807, 2.05) is 18.2 Å². The third-order valence-electron chi connectivity index (χ3n) is 3.47. The maximum Gasteiger partial charge on any atom is 0.125 e. The smallest absolute Gasteiger partial charge is 0.125 e. The van der Waals surface area contributed by atoms with E-state index >= 15 is 0 Å². The highest BCUT2D eigenvalue weighted by atomic mass is 79.9. The summed E-state index contributed by atoms with van der Waals surface area (Å²) in [7, 11) is 0. The van der Waals surface area contributed by atoms with Crippen molar-refractivity contribution in [3.63, 3.8) is 0 Å². The number of nitrogens with one attached hydrogen (secondary N) is 1. The zero-order valence-electron chi connectivity index (χ0n) is 11.4. The highest BCUT2D eigenvalue weighted by Gasteiger charge is 2.18. The van der Waals surface area contributed by atoms with Crippen LogP contribution in [0.3, 0.4) is 0 Å². The average Bonchev–Trinajstić information content (AvgIpc) is 2.48. The number of nitrogens with zero attached hydrogens (tertiary/aromatic N) is 2. The maximum atomic E-state index is 7.81. The van der Waals surface area contributed by atoms with Gasteiger partial charge in [0.05, 0.1) is 4.47 Å².